The summed E-state index contributed by atoms with van der Waals surface area (Å²) in [5.41, 5.74) is 7.32. The minimum Gasteiger partial charge on any atom is -0.496 e. The van der Waals surface area contributed by atoms with Crippen LogP contribution in [0.4, 0.5) is 5.69 Å². The number of anilines is 1. The molecule has 140 valence electrons. The zero-order valence-electron chi connectivity index (χ0n) is 16.4. The van der Waals surface area contributed by atoms with E-state index in [9.17, 15) is 4.79 Å². The lowest BCUT2D eigenvalue weighted by atomic mass is 9.88. The highest BCUT2D eigenvalue weighted by Gasteiger charge is 2.29. The quantitative estimate of drug-likeness (QED) is 0.657. The van der Waals surface area contributed by atoms with Crippen molar-refractivity contribution in [3.05, 3.63) is 65.2 Å². The Morgan fingerprint density at radius 2 is 1.93 bits per heavy atom. The Morgan fingerprint density at radius 1 is 1.22 bits per heavy atom. The normalized spacial score (nSPS) is 15.3. The van der Waals surface area contributed by atoms with Crippen LogP contribution < -0.4 is 15.1 Å². The van der Waals surface area contributed by atoms with Crippen molar-refractivity contribution in [3.8, 4) is 5.75 Å². The number of carbonyl (C=O) groups is 1. The molecule has 0 saturated heterocycles. The van der Waals surface area contributed by atoms with Gasteiger partial charge in [-0.15, -0.1) is 0 Å². The smallest absolute Gasteiger partial charge is 0.271 e. The van der Waals surface area contributed by atoms with Crippen LogP contribution in [0.1, 0.15) is 42.3 Å². The van der Waals surface area contributed by atoms with Crippen LogP contribution in [0.5, 0.6) is 5.75 Å². The van der Waals surface area contributed by atoms with Gasteiger partial charge in [-0.1, -0.05) is 24.3 Å². The second-order valence-electron chi connectivity index (χ2n) is 7.22. The zero-order chi connectivity index (χ0) is 19.6. The molecule has 27 heavy (non-hydrogen) atoms. The van der Waals surface area contributed by atoms with Crippen molar-refractivity contribution >= 4 is 23.4 Å². The van der Waals surface area contributed by atoms with Crippen molar-refractivity contribution in [2.45, 2.75) is 26.3 Å². The fourth-order valence-electron chi connectivity index (χ4n) is 3.29. The summed E-state index contributed by atoms with van der Waals surface area (Å²) >= 11 is 0. The summed E-state index contributed by atoms with van der Waals surface area (Å²) in [5, 5.41) is 4.11. The second-order valence-corrected chi connectivity index (χ2v) is 7.22. The highest BCUT2D eigenvalue weighted by atomic mass is 16.5. The average Bonchev–Trinajstić information content (AvgIpc) is 2.66. The molecule has 0 fully saturated rings. The fraction of sp³-hybridized carbons (Fsp3) is 0.273. The lowest BCUT2D eigenvalue weighted by Crippen LogP contribution is -2.42. The number of nitrogens with zero attached hydrogens (tertiary/aromatic N) is 2. The number of allylic oxidation sites excluding steroid dienone is 1. The van der Waals surface area contributed by atoms with E-state index in [0.717, 1.165) is 16.8 Å². The Hall–Kier alpha value is -3.08. The summed E-state index contributed by atoms with van der Waals surface area (Å²) in [6.07, 6.45) is 3.87. The molecule has 0 atom stereocenters. The van der Waals surface area contributed by atoms with Crippen LogP contribution in [0.25, 0.3) is 5.57 Å². The molecule has 3 rings (SSSR count). The SMILES string of the molecule is COc1cc2c(cc1/C=N\NC(=O)c1ccccc1)C(C)=CC(C)(C)N2C. The van der Waals surface area contributed by atoms with E-state index in [1.165, 1.54) is 5.57 Å². The minimum absolute atomic E-state index is 0.0681. The molecule has 0 saturated carbocycles. The van der Waals surface area contributed by atoms with E-state index in [1.807, 2.05) is 30.3 Å². The van der Waals surface area contributed by atoms with Crippen LogP contribution in [-0.4, -0.2) is 31.8 Å². The second kappa shape index (κ2) is 7.27. The molecule has 5 heteroatoms. The fourth-order valence-corrected chi connectivity index (χ4v) is 3.29. The molecule has 0 unspecified atom stereocenters. The van der Waals surface area contributed by atoms with Crippen LogP contribution >= 0.6 is 0 Å². The van der Waals surface area contributed by atoms with Crippen molar-refractivity contribution in [2.75, 3.05) is 19.1 Å². The molecule has 2 aromatic carbocycles. The maximum Gasteiger partial charge on any atom is 0.271 e. The third-order valence-electron chi connectivity index (χ3n) is 4.97. The van der Waals surface area contributed by atoms with E-state index in [-0.39, 0.29) is 11.4 Å². The van der Waals surface area contributed by atoms with Gasteiger partial charge in [-0.2, -0.15) is 5.10 Å². The minimum atomic E-state index is -0.249. The van der Waals surface area contributed by atoms with E-state index in [1.54, 1.807) is 25.5 Å². The predicted octanol–water partition coefficient (Wildman–Crippen LogP) is 4.09. The van der Waals surface area contributed by atoms with E-state index in [4.69, 9.17) is 4.74 Å². The number of ether oxygens (including phenoxy) is 1. The van der Waals surface area contributed by atoms with E-state index in [2.05, 4.69) is 49.3 Å². The van der Waals surface area contributed by atoms with Gasteiger partial charge in [-0.25, -0.2) is 5.43 Å². The summed E-state index contributed by atoms with van der Waals surface area (Å²) < 4.78 is 5.56. The van der Waals surface area contributed by atoms with Crippen molar-refractivity contribution < 1.29 is 9.53 Å². The molecule has 1 aliphatic rings. The largest absolute Gasteiger partial charge is 0.496 e. The standard InChI is InChI=1S/C22H25N3O2/c1-15-13-22(2,3)25(4)19-12-20(27-5)17(11-18(15)19)14-23-24-21(26)16-9-7-6-8-10-16/h6-14H,1-5H3,(H,24,26)/b23-14-. The van der Waals surface area contributed by atoms with Gasteiger partial charge in [0.05, 0.1) is 18.9 Å². The average molecular weight is 363 g/mol. The molecular weight excluding hydrogens is 338 g/mol. The summed E-state index contributed by atoms with van der Waals surface area (Å²) in [6.45, 7) is 6.47. The van der Waals surface area contributed by atoms with Crippen LogP contribution in [-0.2, 0) is 0 Å². The van der Waals surface area contributed by atoms with Crippen molar-refractivity contribution in [3.63, 3.8) is 0 Å². The molecule has 1 heterocycles. The lowest BCUT2D eigenvalue weighted by Gasteiger charge is -2.40. The molecule has 0 radical (unpaired) electrons. The van der Waals surface area contributed by atoms with Gasteiger partial charge in [0, 0.05) is 35.5 Å². The van der Waals surface area contributed by atoms with Gasteiger partial charge in [0.25, 0.3) is 5.91 Å². The molecule has 0 aromatic heterocycles. The first-order chi connectivity index (χ1) is 12.8. The van der Waals surface area contributed by atoms with E-state index < -0.39 is 0 Å². The van der Waals surface area contributed by atoms with Gasteiger partial charge < -0.3 is 9.64 Å². The predicted molar refractivity (Wildman–Crippen MR) is 111 cm³/mol. The number of fused-ring (bicyclic) bond motifs is 1. The first-order valence-electron chi connectivity index (χ1n) is 8.87. The van der Waals surface area contributed by atoms with Crippen LogP contribution in [0.2, 0.25) is 0 Å². The van der Waals surface area contributed by atoms with Gasteiger partial charge in [0.2, 0.25) is 0 Å². The Morgan fingerprint density at radius 3 is 2.59 bits per heavy atom. The number of benzene rings is 2. The van der Waals surface area contributed by atoms with E-state index >= 15 is 0 Å². The number of rotatable bonds is 4. The topological polar surface area (TPSA) is 53.9 Å². The molecular formula is C22H25N3O2. The van der Waals surface area contributed by atoms with Gasteiger partial charge in [0.15, 0.2) is 0 Å². The number of likely N-dealkylation sites (N-methyl/N-ethyl adjacent to an activating group) is 1. The third-order valence-corrected chi connectivity index (χ3v) is 4.97. The van der Waals surface area contributed by atoms with Crippen molar-refractivity contribution in [1.82, 2.24) is 5.43 Å². The number of methoxy groups -OCH3 is 1. The van der Waals surface area contributed by atoms with Crippen LogP contribution in [0.3, 0.4) is 0 Å². The Kier molecular flexibility index (Phi) is 5.04. The molecule has 1 N–H and O–H groups in total. The highest BCUT2D eigenvalue weighted by molar-refractivity contribution is 5.95. The zero-order valence-corrected chi connectivity index (χ0v) is 16.4. The molecule has 1 aliphatic heterocycles. The first kappa shape index (κ1) is 18.7. The van der Waals surface area contributed by atoms with Crippen LogP contribution in [0, 0.1) is 0 Å². The molecule has 0 spiro atoms. The summed E-state index contributed by atoms with van der Waals surface area (Å²) in [4.78, 5) is 14.3. The van der Waals surface area contributed by atoms with Crippen molar-refractivity contribution in [1.29, 1.82) is 0 Å². The number of hydrazone groups is 1. The molecule has 0 aliphatic carbocycles. The summed E-state index contributed by atoms with van der Waals surface area (Å²) in [6, 6.07) is 13.1. The Bertz CT molecular complexity index is 915. The number of hydrogen-bond donors (Lipinski definition) is 1. The Labute approximate surface area is 160 Å². The Balaban J connectivity index is 1.89. The number of amides is 1. The molecule has 0 bridgehead atoms. The molecule has 2 aromatic rings. The number of nitrogens with one attached hydrogen (secondary N) is 1. The lowest BCUT2D eigenvalue weighted by molar-refractivity contribution is 0.0955. The van der Waals surface area contributed by atoms with Crippen molar-refractivity contribution in [2.24, 2.45) is 5.10 Å². The maximum atomic E-state index is 12.1. The third kappa shape index (κ3) is 3.72. The van der Waals surface area contributed by atoms with Gasteiger partial charge in [-0.05, 0) is 44.5 Å². The first-order valence-corrected chi connectivity index (χ1v) is 8.87. The van der Waals surface area contributed by atoms with E-state index in [0.29, 0.717) is 11.3 Å². The van der Waals surface area contributed by atoms with Gasteiger partial charge in [-0.3, -0.25) is 4.79 Å². The summed E-state index contributed by atoms with van der Waals surface area (Å²) in [7, 11) is 3.72. The molecule has 5 nitrogen and oxygen atoms in total. The number of hydrogen-bond acceptors (Lipinski definition) is 4. The highest BCUT2D eigenvalue weighted by Crippen LogP contribution is 2.40. The van der Waals surface area contributed by atoms with Gasteiger partial charge in [0.1, 0.15) is 5.75 Å². The molecule has 1 amide bonds. The maximum absolute atomic E-state index is 12.1. The monoisotopic (exact) mass is 363 g/mol. The van der Waals surface area contributed by atoms with Crippen LogP contribution in [0.15, 0.2) is 53.6 Å². The summed E-state index contributed by atoms with van der Waals surface area (Å²) in [5.74, 6) is 0.463. The van der Waals surface area contributed by atoms with Gasteiger partial charge >= 0.3 is 0 Å². The number of carbonyl (C=O) groups excluding carboxylic acids is 1.